The molecule has 33 heavy (non-hydrogen) atoms. The summed E-state index contributed by atoms with van der Waals surface area (Å²) in [5.74, 6) is -1.51. The van der Waals surface area contributed by atoms with E-state index in [0.29, 0.717) is 6.42 Å². The second kappa shape index (κ2) is 11.0. The van der Waals surface area contributed by atoms with Gasteiger partial charge in [0.05, 0.1) is 6.42 Å². The van der Waals surface area contributed by atoms with E-state index < -0.39 is 30.1 Å². The van der Waals surface area contributed by atoms with Gasteiger partial charge in [-0.15, -0.1) is 0 Å². The summed E-state index contributed by atoms with van der Waals surface area (Å²) in [5, 5.41) is 14.4. The normalized spacial score (nSPS) is 14.2. The van der Waals surface area contributed by atoms with Gasteiger partial charge in [0.15, 0.2) is 0 Å². The lowest BCUT2D eigenvalue weighted by Crippen LogP contribution is -2.54. The number of nitrogens with zero attached hydrogens (tertiary/aromatic N) is 1. The number of aliphatic carboxylic acids is 1. The van der Waals surface area contributed by atoms with Gasteiger partial charge in [-0.1, -0.05) is 55.5 Å². The van der Waals surface area contributed by atoms with Gasteiger partial charge in [0.1, 0.15) is 12.6 Å². The van der Waals surface area contributed by atoms with Gasteiger partial charge < -0.3 is 25.4 Å². The lowest BCUT2D eigenvalue weighted by Gasteiger charge is -2.24. The molecule has 2 atom stereocenters. The number of hydrogen-bond acceptors (Lipinski definition) is 5. The minimum absolute atomic E-state index is 0.0793. The molecule has 8 nitrogen and oxygen atoms in total. The Morgan fingerprint density at radius 3 is 2.09 bits per heavy atom. The summed E-state index contributed by atoms with van der Waals surface area (Å²) in [6, 6.07) is 14.7. The highest BCUT2D eigenvalue weighted by molar-refractivity contribution is 5.86. The molecule has 8 heteroatoms. The van der Waals surface area contributed by atoms with Gasteiger partial charge in [0.2, 0.25) is 5.91 Å². The van der Waals surface area contributed by atoms with Gasteiger partial charge in [-0.3, -0.25) is 9.59 Å². The van der Waals surface area contributed by atoms with Crippen molar-refractivity contribution in [2.75, 3.05) is 27.2 Å². The van der Waals surface area contributed by atoms with Gasteiger partial charge in [0, 0.05) is 18.5 Å². The summed E-state index contributed by atoms with van der Waals surface area (Å²) < 4.78 is 5.56. The van der Waals surface area contributed by atoms with E-state index in [9.17, 15) is 14.4 Å². The summed E-state index contributed by atoms with van der Waals surface area (Å²) in [6.07, 6.45) is -0.398. The third-order valence-corrected chi connectivity index (χ3v) is 5.76. The zero-order chi connectivity index (χ0) is 24.0. The van der Waals surface area contributed by atoms with Crippen LogP contribution in [0.15, 0.2) is 48.5 Å². The van der Waals surface area contributed by atoms with Gasteiger partial charge in [-0.05, 0) is 42.8 Å². The molecule has 0 heterocycles. The molecule has 1 aliphatic rings. The Labute approximate surface area is 193 Å². The zero-order valence-electron chi connectivity index (χ0n) is 19.2. The number of rotatable bonds is 10. The number of hydrogen-bond donors (Lipinski definition) is 3. The first-order valence-corrected chi connectivity index (χ1v) is 11.1. The van der Waals surface area contributed by atoms with E-state index in [1.165, 1.54) is 0 Å². The van der Waals surface area contributed by atoms with Crippen LogP contribution in [0.3, 0.4) is 0 Å². The lowest BCUT2D eigenvalue weighted by atomic mass is 9.98. The SMILES string of the molecule is CC[C@H](CC(=O)O)NC(=O)C(CN(C)C)NC(=O)OCC1c2ccccc2-c2ccccc21. The van der Waals surface area contributed by atoms with Gasteiger partial charge in [-0.2, -0.15) is 0 Å². The molecular weight excluding hydrogens is 422 g/mol. The number of nitrogens with one attached hydrogen (secondary N) is 2. The van der Waals surface area contributed by atoms with Gasteiger partial charge in [0.25, 0.3) is 0 Å². The Morgan fingerprint density at radius 1 is 1.00 bits per heavy atom. The van der Waals surface area contributed by atoms with E-state index in [4.69, 9.17) is 9.84 Å². The molecule has 2 amide bonds. The molecule has 0 aromatic heterocycles. The first-order chi connectivity index (χ1) is 15.8. The number of carbonyl (C=O) groups is 3. The Balaban J connectivity index is 1.65. The molecule has 2 aromatic carbocycles. The maximum Gasteiger partial charge on any atom is 0.407 e. The summed E-state index contributed by atoms with van der Waals surface area (Å²) in [6.45, 7) is 2.19. The van der Waals surface area contributed by atoms with Crippen LogP contribution in [0.1, 0.15) is 36.8 Å². The van der Waals surface area contributed by atoms with Crippen LogP contribution < -0.4 is 10.6 Å². The monoisotopic (exact) mass is 453 g/mol. The molecule has 3 rings (SSSR count). The number of fused-ring (bicyclic) bond motifs is 3. The zero-order valence-corrected chi connectivity index (χ0v) is 19.2. The molecule has 0 saturated carbocycles. The van der Waals surface area contributed by atoms with E-state index in [1.54, 1.807) is 25.9 Å². The van der Waals surface area contributed by atoms with Crippen molar-refractivity contribution in [2.24, 2.45) is 0 Å². The smallest absolute Gasteiger partial charge is 0.407 e. The van der Waals surface area contributed by atoms with E-state index >= 15 is 0 Å². The van der Waals surface area contributed by atoms with Crippen LogP contribution in [0.4, 0.5) is 4.79 Å². The van der Waals surface area contributed by atoms with Crippen LogP contribution in [-0.2, 0) is 14.3 Å². The van der Waals surface area contributed by atoms with E-state index in [0.717, 1.165) is 22.3 Å². The first-order valence-electron chi connectivity index (χ1n) is 11.1. The quantitative estimate of drug-likeness (QED) is 0.511. The van der Waals surface area contributed by atoms with Crippen LogP contribution in [0.2, 0.25) is 0 Å². The number of likely N-dealkylation sites (N-methyl/N-ethyl adjacent to an activating group) is 1. The predicted molar refractivity (Wildman–Crippen MR) is 125 cm³/mol. The molecule has 0 bridgehead atoms. The van der Waals surface area contributed by atoms with Gasteiger partial charge >= 0.3 is 12.1 Å². The lowest BCUT2D eigenvalue weighted by molar-refractivity contribution is -0.137. The fraction of sp³-hybridized carbons (Fsp3) is 0.400. The number of benzene rings is 2. The standard InChI is InChI=1S/C25H31N3O5/c1-4-16(13-23(29)30)26-24(31)22(14-28(2)3)27-25(32)33-15-21-19-11-7-5-9-17(19)18-10-6-8-12-20(18)21/h5-12,16,21-22H,4,13-15H2,1-3H3,(H,26,31)(H,27,32)(H,29,30)/t16-,22?/m1/s1. The van der Waals surface area contributed by atoms with E-state index in [1.807, 2.05) is 36.4 Å². The highest BCUT2D eigenvalue weighted by atomic mass is 16.5. The first kappa shape index (κ1) is 24.3. The molecule has 3 N–H and O–H groups in total. The van der Waals surface area contributed by atoms with E-state index in [-0.39, 0.29) is 25.5 Å². The second-order valence-electron chi connectivity index (χ2n) is 8.50. The number of ether oxygens (including phenoxy) is 1. The molecular formula is C25H31N3O5. The maximum absolute atomic E-state index is 12.8. The van der Waals surface area contributed by atoms with Crippen molar-refractivity contribution in [2.45, 2.75) is 37.8 Å². The van der Waals surface area contributed by atoms with Crippen molar-refractivity contribution in [3.63, 3.8) is 0 Å². The molecule has 176 valence electrons. The fourth-order valence-corrected chi connectivity index (χ4v) is 4.15. The molecule has 0 fully saturated rings. The largest absolute Gasteiger partial charge is 0.481 e. The van der Waals surface area contributed by atoms with Crippen molar-refractivity contribution in [1.82, 2.24) is 15.5 Å². The van der Waals surface area contributed by atoms with Crippen molar-refractivity contribution in [3.8, 4) is 11.1 Å². The number of amides is 2. The number of carboxylic acid groups (broad SMARTS) is 1. The summed E-state index contributed by atoms with van der Waals surface area (Å²) in [5.41, 5.74) is 4.48. The predicted octanol–water partition coefficient (Wildman–Crippen LogP) is 2.82. The molecule has 0 spiro atoms. The third kappa shape index (κ3) is 6.10. The Morgan fingerprint density at radius 2 is 1.58 bits per heavy atom. The molecule has 1 aliphatic carbocycles. The molecule has 2 aromatic rings. The average Bonchev–Trinajstić information content (AvgIpc) is 3.10. The van der Waals surface area contributed by atoms with E-state index in [2.05, 4.69) is 22.8 Å². The number of carbonyl (C=O) groups excluding carboxylic acids is 2. The Hall–Kier alpha value is -3.39. The second-order valence-corrected chi connectivity index (χ2v) is 8.50. The van der Waals surface area contributed by atoms with Crippen LogP contribution in [0, 0.1) is 0 Å². The molecule has 0 aliphatic heterocycles. The van der Waals surface area contributed by atoms with Crippen LogP contribution >= 0.6 is 0 Å². The third-order valence-electron chi connectivity index (χ3n) is 5.76. The van der Waals surface area contributed by atoms with Crippen LogP contribution in [-0.4, -0.2) is 67.3 Å². The summed E-state index contributed by atoms with van der Waals surface area (Å²) in [4.78, 5) is 38.2. The van der Waals surface area contributed by atoms with Gasteiger partial charge in [-0.25, -0.2) is 4.79 Å². The number of carboxylic acids is 1. The fourth-order valence-electron chi connectivity index (χ4n) is 4.15. The molecule has 0 radical (unpaired) electrons. The summed E-state index contributed by atoms with van der Waals surface area (Å²) in [7, 11) is 3.57. The topological polar surface area (TPSA) is 108 Å². The summed E-state index contributed by atoms with van der Waals surface area (Å²) >= 11 is 0. The van der Waals surface area contributed by atoms with Crippen molar-refractivity contribution < 1.29 is 24.2 Å². The van der Waals surface area contributed by atoms with Crippen molar-refractivity contribution in [3.05, 3.63) is 59.7 Å². The number of alkyl carbamates (subject to hydrolysis) is 1. The Bertz CT molecular complexity index is 962. The minimum atomic E-state index is -0.990. The van der Waals surface area contributed by atoms with Crippen molar-refractivity contribution in [1.29, 1.82) is 0 Å². The van der Waals surface area contributed by atoms with Crippen LogP contribution in [0.5, 0.6) is 0 Å². The minimum Gasteiger partial charge on any atom is -0.481 e. The maximum atomic E-state index is 12.8. The highest BCUT2D eigenvalue weighted by Crippen LogP contribution is 2.44. The van der Waals surface area contributed by atoms with Crippen LogP contribution in [0.25, 0.3) is 11.1 Å². The molecule has 1 unspecified atom stereocenters. The van der Waals surface area contributed by atoms with Crippen molar-refractivity contribution >= 4 is 18.0 Å². The average molecular weight is 454 g/mol. The highest BCUT2D eigenvalue weighted by Gasteiger charge is 2.30. The molecule has 0 saturated heterocycles. The Kier molecular flexibility index (Phi) is 8.06.